The van der Waals surface area contributed by atoms with Crippen LogP contribution in [0.3, 0.4) is 0 Å². The van der Waals surface area contributed by atoms with E-state index in [0.717, 1.165) is 0 Å². The van der Waals surface area contributed by atoms with E-state index in [1.54, 1.807) is 0 Å². The normalized spacial score (nSPS) is 8.43. The van der Waals surface area contributed by atoms with Gasteiger partial charge in [-0.05, 0) is 0 Å². The third kappa shape index (κ3) is 69.0. The summed E-state index contributed by atoms with van der Waals surface area (Å²) >= 11 is 0. The monoisotopic (exact) mass is 246 g/mol. The van der Waals surface area contributed by atoms with E-state index in [4.69, 9.17) is 14.4 Å². The molecule has 0 aromatic carbocycles. The first-order valence-electron chi connectivity index (χ1n) is 0.752. The molecule has 44 valence electrons. The first-order valence-corrected chi connectivity index (χ1v) is 2.25. The number of hydrogen-bond acceptors (Lipinski definition) is 1. The molecule has 2 N–H and O–H groups in total. The minimum Gasteiger partial charge on any atom is -1.00 e. The van der Waals surface area contributed by atoms with Crippen molar-refractivity contribution in [2.75, 3.05) is 0 Å². The fourth-order valence-corrected chi connectivity index (χ4v) is 0. The zero-order valence-corrected chi connectivity index (χ0v) is 8.66. The van der Waals surface area contributed by atoms with Crippen molar-refractivity contribution >= 4 is 53.4 Å². The van der Waals surface area contributed by atoms with Crippen molar-refractivity contribution in [1.82, 2.24) is 0 Å². The van der Waals surface area contributed by atoms with Crippen LogP contribution in [0.15, 0.2) is 0 Å². The van der Waals surface area contributed by atoms with Crippen molar-refractivity contribution < 1.29 is 38.5 Å². The third-order valence-electron chi connectivity index (χ3n) is 0. The van der Waals surface area contributed by atoms with E-state index in [0.29, 0.717) is 0 Å². The Hall–Kier alpha value is 2.08. The summed E-state index contributed by atoms with van der Waals surface area (Å²) in [6.45, 7) is 0. The molecule has 7 heteroatoms. The molecule has 0 aromatic heterocycles. The maximum absolute atomic E-state index is 10.4. The molecule has 0 aliphatic heterocycles. The van der Waals surface area contributed by atoms with Crippen LogP contribution in [-0.2, 0) is 21.6 Å². The fraction of sp³-hybridized carbons (Fsp3) is 0. The molecule has 0 heterocycles. The van der Waals surface area contributed by atoms with Crippen LogP contribution in [0.4, 0.5) is 4.20 Å². The van der Waals surface area contributed by atoms with Crippen molar-refractivity contribution in [2.24, 2.45) is 0 Å². The minimum absolute atomic E-state index is 0. The first kappa shape index (κ1) is 16.0. The van der Waals surface area contributed by atoms with Crippen LogP contribution in [0.5, 0.6) is 0 Å². The van der Waals surface area contributed by atoms with E-state index >= 15 is 0 Å². The van der Waals surface area contributed by atoms with Crippen molar-refractivity contribution in [3.63, 3.8) is 0 Å². The first-order chi connectivity index (χ1) is 2.00. The maximum atomic E-state index is 10.4. The van der Waals surface area contributed by atoms with E-state index in [-0.39, 0.29) is 65.4 Å². The number of hydrogen-bond donors (Lipinski definition) is 2. The molecular weight excluding hydrogens is 241 g/mol. The van der Waals surface area contributed by atoms with Gasteiger partial charge in [-0.1, -0.05) is 0 Å². The second kappa shape index (κ2) is 6.20. The van der Waals surface area contributed by atoms with Gasteiger partial charge in [0.2, 0.25) is 0 Å². The summed E-state index contributed by atoms with van der Waals surface area (Å²) in [5.74, 6) is 0. The second-order valence-electron chi connectivity index (χ2n) is 0.473. The molecule has 0 aromatic rings. The molecule has 0 radical (unpaired) electrons. The van der Waals surface area contributed by atoms with Crippen LogP contribution in [-0.4, -0.2) is 55.3 Å². The summed E-state index contributed by atoms with van der Waals surface area (Å²) in [6, 6.07) is 0. The third-order valence-corrected chi connectivity index (χ3v) is 0. The Kier molecular flexibility index (Phi) is 14.2. The van der Waals surface area contributed by atoms with Gasteiger partial charge in [0.05, 0.1) is 0 Å². The molecule has 0 aliphatic carbocycles. The molecule has 3 nitrogen and oxygen atoms in total. The minimum atomic E-state index is -5.14. The molecule has 0 amide bonds. The predicted molar refractivity (Wildman–Crippen MR) is 21.1 cm³/mol. The van der Waals surface area contributed by atoms with Gasteiger partial charge < -0.3 is 2.85 Å². The molecule has 0 spiro atoms. The molecule has 0 bridgehead atoms. The predicted octanol–water partition coefficient (Wildman–Crippen LogP) is -0.110. The van der Waals surface area contributed by atoms with Gasteiger partial charge in [0.15, 0.2) is 0 Å². The molecule has 7 heavy (non-hydrogen) atoms. The maximum Gasteiger partial charge on any atom is 2.00 e. The van der Waals surface area contributed by atoms with E-state index in [1.165, 1.54) is 0 Å². The zero-order chi connectivity index (χ0) is 4.50. The fourth-order valence-electron chi connectivity index (χ4n) is 0. The topological polar surface area (TPSA) is 57.5 Å². The second-order valence-corrected chi connectivity index (χ2v) is 1.42. The quantitative estimate of drug-likeness (QED) is 0.462. The Morgan fingerprint density at radius 1 is 1.57 bits per heavy atom. The molecule has 0 unspecified atom stereocenters. The Labute approximate surface area is 90.7 Å². The number of halogens is 1. The van der Waals surface area contributed by atoms with Gasteiger partial charge in [0.1, 0.15) is 0 Å². The zero-order valence-electron chi connectivity index (χ0n) is 5.19. The Bertz CT molecular complexity index is 67.9. The summed E-state index contributed by atoms with van der Waals surface area (Å²) in [7, 11) is -5.14. The van der Waals surface area contributed by atoms with Gasteiger partial charge in [0.25, 0.3) is 0 Å². The smallest absolute Gasteiger partial charge is 1.00 e. The van der Waals surface area contributed by atoms with Crippen molar-refractivity contribution in [3.8, 4) is 0 Å². The molecule has 0 aliphatic rings. The van der Waals surface area contributed by atoms with E-state index < -0.39 is 7.91 Å². The Morgan fingerprint density at radius 3 is 1.57 bits per heavy atom. The van der Waals surface area contributed by atoms with E-state index in [2.05, 4.69) is 0 Å². The average molecular weight is 245 g/mol. The molecule has 0 atom stereocenters. The standard InChI is InChI=1S/FH2O3P.Fe.Sr.2H/c1-5(2,3)4;;;;/h(H2,2,3,4);;;;/q;;+2;2*-1. The van der Waals surface area contributed by atoms with Gasteiger partial charge >= 0.3 is 53.4 Å². The van der Waals surface area contributed by atoms with Crippen LogP contribution in [0.25, 0.3) is 0 Å². The molecular formula is H4FFeO3PSr. The van der Waals surface area contributed by atoms with Crippen molar-refractivity contribution in [2.45, 2.75) is 0 Å². The van der Waals surface area contributed by atoms with E-state index in [9.17, 15) is 4.20 Å². The Morgan fingerprint density at radius 2 is 1.57 bits per heavy atom. The number of rotatable bonds is 0. The SMILES string of the molecule is O=P(O)(O)F.[Fe].[H-].[H-].[Sr+2]. The summed E-state index contributed by atoms with van der Waals surface area (Å²) in [5.41, 5.74) is 0. The van der Waals surface area contributed by atoms with E-state index in [1.807, 2.05) is 0 Å². The summed E-state index contributed by atoms with van der Waals surface area (Å²) in [5, 5.41) is 0. The van der Waals surface area contributed by atoms with Crippen LogP contribution in [0, 0.1) is 0 Å². The summed E-state index contributed by atoms with van der Waals surface area (Å²) < 4.78 is 19.0. The van der Waals surface area contributed by atoms with Gasteiger partial charge in [-0.3, -0.25) is 9.79 Å². The van der Waals surface area contributed by atoms with Crippen molar-refractivity contribution in [3.05, 3.63) is 0 Å². The molecule has 0 fully saturated rings. The molecule has 0 rings (SSSR count). The largest absolute Gasteiger partial charge is 2.00 e. The van der Waals surface area contributed by atoms with Gasteiger partial charge in [-0.15, -0.1) is 4.20 Å². The van der Waals surface area contributed by atoms with Crippen LogP contribution >= 0.6 is 7.91 Å². The van der Waals surface area contributed by atoms with Crippen LogP contribution in [0.1, 0.15) is 2.85 Å². The van der Waals surface area contributed by atoms with Gasteiger partial charge in [0, 0.05) is 17.1 Å². The average Bonchev–Trinajstić information content (AvgIpc) is 0.722. The molecule has 0 saturated carbocycles. The Balaban J connectivity index is -0.0000000133. The van der Waals surface area contributed by atoms with Gasteiger partial charge in [-0.2, -0.15) is 0 Å². The molecule has 0 saturated heterocycles. The summed E-state index contributed by atoms with van der Waals surface area (Å²) in [4.78, 5) is 13.9. The van der Waals surface area contributed by atoms with Crippen molar-refractivity contribution in [1.29, 1.82) is 0 Å². The summed E-state index contributed by atoms with van der Waals surface area (Å²) in [6.07, 6.45) is 0. The van der Waals surface area contributed by atoms with Crippen LogP contribution in [0.2, 0.25) is 0 Å². The van der Waals surface area contributed by atoms with Crippen LogP contribution < -0.4 is 0 Å². The van der Waals surface area contributed by atoms with Gasteiger partial charge in [-0.25, -0.2) is 4.57 Å².